The number of nitrogens with zero attached hydrogens (tertiary/aromatic N) is 1. The Kier molecular flexibility index (Phi) is 2.53. The molecule has 0 saturated heterocycles. The van der Waals surface area contributed by atoms with Crippen molar-refractivity contribution in [2.24, 2.45) is 0 Å². The number of carbonyl (C=O) groups is 1. The van der Waals surface area contributed by atoms with Gasteiger partial charge in [0.1, 0.15) is 5.69 Å². The van der Waals surface area contributed by atoms with E-state index in [4.69, 9.17) is 5.21 Å². The maximum absolute atomic E-state index is 11.1. The highest BCUT2D eigenvalue weighted by Gasteiger charge is 2.10. The molecular weight excluding hydrogens is 214 g/mol. The number of aromatic amines is 1. The third kappa shape index (κ3) is 1.90. The Bertz CT molecular complexity index is 489. The van der Waals surface area contributed by atoms with E-state index in [2.05, 4.69) is 10.2 Å². The van der Waals surface area contributed by atoms with Crippen molar-refractivity contribution in [3.63, 3.8) is 0 Å². The van der Waals surface area contributed by atoms with Crippen molar-refractivity contribution in [2.45, 2.75) is 6.92 Å². The van der Waals surface area contributed by atoms with Gasteiger partial charge in [0.25, 0.3) is 5.91 Å². The smallest absolute Gasteiger partial charge is 0.284 e. The number of hydrogen-bond donors (Lipinski definition) is 3. The van der Waals surface area contributed by atoms with E-state index in [1.54, 1.807) is 17.6 Å². The van der Waals surface area contributed by atoms with Crippen molar-refractivity contribution >= 4 is 17.2 Å². The molecule has 2 aromatic heterocycles. The summed E-state index contributed by atoms with van der Waals surface area (Å²) in [7, 11) is 0. The van der Waals surface area contributed by atoms with Crippen LogP contribution in [0.25, 0.3) is 10.6 Å². The average Bonchev–Trinajstić information content (AvgIpc) is 2.84. The van der Waals surface area contributed by atoms with E-state index in [9.17, 15) is 4.79 Å². The summed E-state index contributed by atoms with van der Waals surface area (Å²) in [5.41, 5.74) is 3.36. The summed E-state index contributed by atoms with van der Waals surface area (Å²) in [5, 5.41) is 15.4. The van der Waals surface area contributed by atoms with Crippen LogP contribution in [0.2, 0.25) is 0 Å². The Balaban J connectivity index is 2.31. The van der Waals surface area contributed by atoms with Gasteiger partial charge in [0.05, 0.1) is 9.75 Å². The van der Waals surface area contributed by atoms with Gasteiger partial charge in [-0.3, -0.25) is 15.1 Å². The molecule has 1 amide bonds. The quantitative estimate of drug-likeness (QED) is 0.534. The van der Waals surface area contributed by atoms with Gasteiger partial charge in [0, 0.05) is 5.69 Å². The maximum Gasteiger partial charge on any atom is 0.284 e. The van der Waals surface area contributed by atoms with E-state index in [0.717, 1.165) is 16.3 Å². The number of hydroxylamine groups is 1. The molecule has 0 aliphatic carbocycles. The zero-order valence-corrected chi connectivity index (χ0v) is 8.76. The van der Waals surface area contributed by atoms with Gasteiger partial charge in [-0.2, -0.15) is 5.10 Å². The van der Waals surface area contributed by atoms with Crippen molar-refractivity contribution in [2.75, 3.05) is 0 Å². The largest absolute Gasteiger partial charge is 0.288 e. The summed E-state index contributed by atoms with van der Waals surface area (Å²) >= 11 is 1.28. The third-order valence-electron chi connectivity index (χ3n) is 1.89. The summed E-state index contributed by atoms with van der Waals surface area (Å²) in [4.78, 5) is 12.4. The Morgan fingerprint density at radius 3 is 3.00 bits per heavy atom. The second kappa shape index (κ2) is 3.84. The number of amides is 1. The first-order valence-corrected chi connectivity index (χ1v) is 5.09. The molecule has 5 nitrogen and oxygen atoms in total. The van der Waals surface area contributed by atoms with Crippen LogP contribution in [-0.2, 0) is 0 Å². The Hall–Kier alpha value is -1.66. The van der Waals surface area contributed by atoms with Gasteiger partial charge in [-0.25, -0.2) is 5.48 Å². The van der Waals surface area contributed by atoms with Gasteiger partial charge in [0.15, 0.2) is 0 Å². The summed E-state index contributed by atoms with van der Waals surface area (Å²) in [6, 6.07) is 5.34. The molecule has 0 saturated carbocycles. The molecule has 2 heterocycles. The molecule has 78 valence electrons. The van der Waals surface area contributed by atoms with E-state index >= 15 is 0 Å². The Morgan fingerprint density at radius 2 is 2.40 bits per heavy atom. The Labute approximate surface area is 89.7 Å². The molecular formula is C9H9N3O2S. The standard InChI is InChI=1S/C9H9N3O2S/c1-5-4-6(11-10-5)7-2-3-8(15-7)9(13)12-14/h2-4,14H,1H3,(H,10,11)(H,12,13). The predicted molar refractivity (Wildman–Crippen MR) is 55.9 cm³/mol. The van der Waals surface area contributed by atoms with E-state index in [-0.39, 0.29) is 0 Å². The molecule has 2 rings (SSSR count). The zero-order chi connectivity index (χ0) is 10.8. The first-order valence-electron chi connectivity index (χ1n) is 4.27. The van der Waals surface area contributed by atoms with Crippen molar-refractivity contribution < 1.29 is 10.0 Å². The van der Waals surface area contributed by atoms with Crippen LogP contribution in [-0.4, -0.2) is 21.3 Å². The van der Waals surface area contributed by atoms with Gasteiger partial charge in [-0.15, -0.1) is 11.3 Å². The Morgan fingerprint density at radius 1 is 1.60 bits per heavy atom. The van der Waals surface area contributed by atoms with Gasteiger partial charge in [-0.05, 0) is 25.1 Å². The van der Waals surface area contributed by atoms with Crippen LogP contribution in [0.1, 0.15) is 15.4 Å². The number of H-pyrrole nitrogens is 1. The molecule has 0 fully saturated rings. The molecule has 0 atom stereocenters. The summed E-state index contributed by atoms with van der Waals surface area (Å²) in [6.45, 7) is 1.91. The average molecular weight is 223 g/mol. The fourth-order valence-corrected chi connectivity index (χ4v) is 2.05. The fraction of sp³-hybridized carbons (Fsp3) is 0.111. The molecule has 2 aromatic rings. The summed E-state index contributed by atoms with van der Waals surface area (Å²) < 4.78 is 0. The SMILES string of the molecule is Cc1cc(-c2ccc(C(=O)NO)s2)n[nH]1. The van der Waals surface area contributed by atoms with Crippen LogP contribution >= 0.6 is 11.3 Å². The van der Waals surface area contributed by atoms with E-state index in [1.165, 1.54) is 11.3 Å². The van der Waals surface area contributed by atoms with Gasteiger partial charge in [0.2, 0.25) is 0 Å². The maximum atomic E-state index is 11.1. The van der Waals surface area contributed by atoms with Gasteiger partial charge >= 0.3 is 0 Å². The van der Waals surface area contributed by atoms with Gasteiger partial charge < -0.3 is 0 Å². The lowest BCUT2D eigenvalue weighted by molar-refractivity contribution is 0.0711. The van der Waals surface area contributed by atoms with E-state index in [1.807, 2.05) is 13.0 Å². The lowest BCUT2D eigenvalue weighted by atomic mass is 10.3. The molecule has 3 N–H and O–H groups in total. The fourth-order valence-electron chi connectivity index (χ4n) is 1.20. The first-order chi connectivity index (χ1) is 7.20. The summed E-state index contributed by atoms with van der Waals surface area (Å²) in [5.74, 6) is -0.501. The minimum atomic E-state index is -0.501. The zero-order valence-electron chi connectivity index (χ0n) is 7.94. The van der Waals surface area contributed by atoms with Gasteiger partial charge in [-0.1, -0.05) is 0 Å². The molecule has 0 aliphatic rings. The third-order valence-corrected chi connectivity index (χ3v) is 3.00. The normalized spacial score (nSPS) is 10.3. The molecule has 15 heavy (non-hydrogen) atoms. The number of rotatable bonds is 2. The molecule has 0 aliphatic heterocycles. The van der Waals surface area contributed by atoms with Crippen molar-refractivity contribution in [1.29, 1.82) is 0 Å². The molecule has 0 spiro atoms. The van der Waals surface area contributed by atoms with Crippen molar-refractivity contribution in [3.05, 3.63) is 28.8 Å². The molecule has 6 heteroatoms. The molecule has 0 unspecified atom stereocenters. The second-order valence-electron chi connectivity index (χ2n) is 3.04. The predicted octanol–water partition coefficient (Wildman–Crippen LogP) is 1.57. The van der Waals surface area contributed by atoms with Crippen LogP contribution in [0.4, 0.5) is 0 Å². The van der Waals surface area contributed by atoms with E-state index in [0.29, 0.717) is 4.88 Å². The molecule has 0 radical (unpaired) electrons. The monoisotopic (exact) mass is 223 g/mol. The molecule has 0 bridgehead atoms. The van der Waals surface area contributed by atoms with Crippen LogP contribution in [0.5, 0.6) is 0 Å². The topological polar surface area (TPSA) is 78.0 Å². The number of aryl methyl sites for hydroxylation is 1. The lowest BCUT2D eigenvalue weighted by Gasteiger charge is -1.91. The minimum Gasteiger partial charge on any atom is -0.288 e. The minimum absolute atomic E-state index is 0.452. The lowest BCUT2D eigenvalue weighted by Crippen LogP contribution is -2.16. The number of thiophene rings is 1. The second-order valence-corrected chi connectivity index (χ2v) is 4.12. The molecule has 0 aromatic carbocycles. The van der Waals surface area contributed by atoms with Crippen LogP contribution in [0, 0.1) is 6.92 Å². The number of hydrogen-bond acceptors (Lipinski definition) is 4. The van der Waals surface area contributed by atoms with E-state index < -0.39 is 5.91 Å². The highest BCUT2D eigenvalue weighted by atomic mass is 32.1. The van der Waals surface area contributed by atoms with Crippen LogP contribution < -0.4 is 5.48 Å². The van der Waals surface area contributed by atoms with Crippen molar-refractivity contribution in [1.82, 2.24) is 15.7 Å². The number of carbonyl (C=O) groups excluding carboxylic acids is 1. The van der Waals surface area contributed by atoms with Crippen molar-refractivity contribution in [3.8, 4) is 10.6 Å². The van der Waals surface area contributed by atoms with Crippen LogP contribution in [0.15, 0.2) is 18.2 Å². The van der Waals surface area contributed by atoms with Crippen LogP contribution in [0.3, 0.4) is 0 Å². The number of nitrogens with one attached hydrogen (secondary N) is 2. The first kappa shape index (κ1) is 9.88. The number of aromatic nitrogens is 2. The summed E-state index contributed by atoms with van der Waals surface area (Å²) in [6.07, 6.45) is 0. The highest BCUT2D eigenvalue weighted by molar-refractivity contribution is 7.17. The highest BCUT2D eigenvalue weighted by Crippen LogP contribution is 2.26.